The number of aromatic hydroxyl groups is 1. The van der Waals surface area contributed by atoms with E-state index in [1.165, 1.54) is 26.4 Å². The second-order valence-electron chi connectivity index (χ2n) is 6.17. The highest BCUT2D eigenvalue weighted by atomic mass is 16.5. The molecular weight excluding hydrogens is 396 g/mol. The number of amides is 1. The van der Waals surface area contributed by atoms with Gasteiger partial charge in [0.15, 0.2) is 0 Å². The Morgan fingerprint density at radius 1 is 1.20 bits per heavy atom. The van der Waals surface area contributed by atoms with E-state index in [0.29, 0.717) is 0 Å². The summed E-state index contributed by atoms with van der Waals surface area (Å²) in [5, 5.41) is 19.8. The Balaban J connectivity index is 0.000000414. The van der Waals surface area contributed by atoms with Crippen molar-refractivity contribution >= 4 is 17.8 Å². The Morgan fingerprint density at radius 2 is 1.83 bits per heavy atom. The van der Waals surface area contributed by atoms with Crippen molar-refractivity contribution in [3.63, 3.8) is 0 Å². The number of benzene rings is 1. The predicted molar refractivity (Wildman–Crippen MR) is 106 cm³/mol. The maximum absolute atomic E-state index is 11.8. The van der Waals surface area contributed by atoms with Crippen LogP contribution in [0.1, 0.15) is 17.7 Å². The van der Waals surface area contributed by atoms with Crippen molar-refractivity contribution in [2.75, 3.05) is 7.11 Å². The number of carbonyl (C=O) groups excluding carboxylic acids is 2. The molecular formula is C20H24N2O8. The molecule has 5 N–H and O–H groups in total. The van der Waals surface area contributed by atoms with Crippen molar-refractivity contribution in [3.8, 4) is 5.75 Å². The van der Waals surface area contributed by atoms with Crippen LogP contribution in [-0.2, 0) is 25.5 Å². The molecule has 30 heavy (non-hydrogen) atoms. The molecule has 10 heteroatoms. The second-order valence-corrected chi connectivity index (χ2v) is 6.17. The van der Waals surface area contributed by atoms with E-state index in [0.717, 1.165) is 5.56 Å². The lowest BCUT2D eigenvalue weighted by Crippen LogP contribution is -2.50. The standard InChI is InChI=1S/C14H18N2O5.C6H6O3/c1-21-14(20)11(7-9-5-3-2-4-6-9)16-13(19)10(15)8-12(17)18;1-4-6(8)5(7)2-3-9-4/h2-6,10-11H,7-8,15H2,1H3,(H,16,19)(H,17,18);2-3,8H,1H3/t10-,11-;/m0./s1. The molecule has 0 saturated carbocycles. The molecule has 0 aliphatic heterocycles. The van der Waals surface area contributed by atoms with Crippen LogP contribution in [0.15, 0.2) is 51.9 Å². The van der Waals surface area contributed by atoms with Gasteiger partial charge < -0.3 is 30.4 Å². The Kier molecular flexibility index (Phi) is 9.77. The predicted octanol–water partition coefficient (Wildman–Crippen LogP) is 0.343. The number of esters is 1. The third-order valence-corrected chi connectivity index (χ3v) is 3.85. The molecule has 0 unspecified atom stereocenters. The van der Waals surface area contributed by atoms with Gasteiger partial charge in [0.25, 0.3) is 0 Å². The molecule has 2 aromatic rings. The van der Waals surface area contributed by atoms with Gasteiger partial charge in [0.2, 0.25) is 17.1 Å². The van der Waals surface area contributed by atoms with E-state index < -0.39 is 41.8 Å². The summed E-state index contributed by atoms with van der Waals surface area (Å²) < 4.78 is 9.32. The number of hydrogen-bond acceptors (Lipinski definition) is 8. The van der Waals surface area contributed by atoms with Gasteiger partial charge in [-0.2, -0.15) is 0 Å². The number of methoxy groups -OCH3 is 1. The molecule has 0 spiro atoms. The monoisotopic (exact) mass is 420 g/mol. The molecule has 1 aromatic heterocycles. The summed E-state index contributed by atoms with van der Waals surface area (Å²) in [6.45, 7) is 1.52. The first kappa shape index (κ1) is 24.4. The number of nitrogens with two attached hydrogens (primary N) is 1. The van der Waals surface area contributed by atoms with E-state index in [9.17, 15) is 19.2 Å². The molecule has 0 fully saturated rings. The summed E-state index contributed by atoms with van der Waals surface area (Å²) in [6, 6.07) is 8.09. The topological polar surface area (TPSA) is 169 Å². The van der Waals surface area contributed by atoms with Crippen LogP contribution in [-0.4, -0.2) is 47.3 Å². The number of carboxylic acids is 1. The smallest absolute Gasteiger partial charge is 0.328 e. The van der Waals surface area contributed by atoms with Crippen LogP contribution < -0.4 is 16.5 Å². The highest BCUT2D eigenvalue weighted by Gasteiger charge is 2.25. The van der Waals surface area contributed by atoms with Gasteiger partial charge >= 0.3 is 11.9 Å². The number of hydrogen-bond donors (Lipinski definition) is 4. The first-order valence-electron chi connectivity index (χ1n) is 8.82. The molecule has 10 nitrogen and oxygen atoms in total. The molecule has 0 bridgehead atoms. The zero-order valence-corrected chi connectivity index (χ0v) is 16.5. The van der Waals surface area contributed by atoms with Crippen LogP contribution in [0, 0.1) is 6.92 Å². The molecule has 1 amide bonds. The van der Waals surface area contributed by atoms with Gasteiger partial charge in [0.1, 0.15) is 11.8 Å². The van der Waals surface area contributed by atoms with Crippen LogP contribution in [0.3, 0.4) is 0 Å². The van der Waals surface area contributed by atoms with Gasteiger partial charge in [0, 0.05) is 12.5 Å². The van der Waals surface area contributed by atoms with E-state index in [1.807, 2.05) is 18.2 Å². The van der Waals surface area contributed by atoms with Crippen LogP contribution >= 0.6 is 0 Å². The van der Waals surface area contributed by atoms with Crippen LogP contribution in [0.5, 0.6) is 5.75 Å². The minimum atomic E-state index is -1.22. The zero-order valence-electron chi connectivity index (χ0n) is 16.5. The number of carbonyl (C=O) groups is 3. The largest absolute Gasteiger partial charge is 0.502 e. The molecule has 0 radical (unpaired) electrons. The quantitative estimate of drug-likeness (QED) is 0.461. The fourth-order valence-electron chi connectivity index (χ4n) is 2.25. The van der Waals surface area contributed by atoms with Crippen molar-refractivity contribution in [3.05, 3.63) is 64.2 Å². The fourth-order valence-corrected chi connectivity index (χ4v) is 2.25. The molecule has 1 aromatic carbocycles. The minimum Gasteiger partial charge on any atom is -0.502 e. The van der Waals surface area contributed by atoms with Crippen molar-refractivity contribution < 1.29 is 33.8 Å². The lowest BCUT2D eigenvalue weighted by Gasteiger charge is -2.18. The van der Waals surface area contributed by atoms with E-state index >= 15 is 0 Å². The zero-order chi connectivity index (χ0) is 22.7. The highest BCUT2D eigenvalue weighted by Crippen LogP contribution is 2.06. The summed E-state index contributed by atoms with van der Waals surface area (Å²) in [5.41, 5.74) is 5.89. The number of aryl methyl sites for hydroxylation is 1. The van der Waals surface area contributed by atoms with Gasteiger partial charge in [-0.3, -0.25) is 14.4 Å². The van der Waals surface area contributed by atoms with Gasteiger partial charge in [-0.05, 0) is 12.5 Å². The number of ether oxygens (including phenoxy) is 1. The molecule has 0 saturated heterocycles. The summed E-state index contributed by atoms with van der Waals surface area (Å²) in [4.78, 5) is 44.6. The first-order valence-corrected chi connectivity index (χ1v) is 8.82. The maximum atomic E-state index is 11.8. The Morgan fingerprint density at radius 3 is 2.33 bits per heavy atom. The number of carboxylic acid groups (broad SMARTS) is 1. The van der Waals surface area contributed by atoms with Gasteiger partial charge in [-0.25, -0.2) is 4.79 Å². The third-order valence-electron chi connectivity index (χ3n) is 3.85. The molecule has 2 atom stereocenters. The number of aliphatic carboxylic acids is 1. The average Bonchev–Trinajstić information content (AvgIpc) is 2.71. The van der Waals surface area contributed by atoms with Gasteiger partial charge in [-0.1, -0.05) is 30.3 Å². The normalized spacial score (nSPS) is 12.0. The molecule has 0 aliphatic rings. The van der Waals surface area contributed by atoms with E-state index in [1.54, 1.807) is 12.1 Å². The Hall–Kier alpha value is -3.66. The maximum Gasteiger partial charge on any atom is 0.328 e. The van der Waals surface area contributed by atoms with Crippen LogP contribution in [0.25, 0.3) is 0 Å². The van der Waals surface area contributed by atoms with Crippen molar-refractivity contribution in [1.29, 1.82) is 0 Å². The number of nitrogens with one attached hydrogen (secondary N) is 1. The van der Waals surface area contributed by atoms with Crippen LogP contribution in [0.2, 0.25) is 0 Å². The van der Waals surface area contributed by atoms with Crippen LogP contribution in [0.4, 0.5) is 0 Å². The van der Waals surface area contributed by atoms with Crippen molar-refractivity contribution in [2.45, 2.75) is 31.8 Å². The highest BCUT2D eigenvalue weighted by molar-refractivity contribution is 5.89. The fraction of sp³-hybridized carbons (Fsp3) is 0.300. The van der Waals surface area contributed by atoms with E-state index in [2.05, 4.69) is 14.5 Å². The minimum absolute atomic E-state index is 0.235. The lowest BCUT2D eigenvalue weighted by atomic mass is 10.1. The molecule has 1 heterocycles. The van der Waals surface area contributed by atoms with Gasteiger partial charge in [0.05, 0.1) is 25.8 Å². The Bertz CT molecular complexity index is 911. The van der Waals surface area contributed by atoms with Crippen molar-refractivity contribution in [1.82, 2.24) is 5.32 Å². The van der Waals surface area contributed by atoms with Crippen molar-refractivity contribution in [2.24, 2.45) is 5.73 Å². The SMILES string of the molecule is COC(=O)[C@H](Cc1ccccc1)NC(=O)[C@@H](N)CC(=O)O.Cc1occc(=O)c1O. The van der Waals surface area contributed by atoms with E-state index in [4.69, 9.17) is 15.9 Å². The lowest BCUT2D eigenvalue weighted by molar-refractivity contribution is -0.145. The van der Waals surface area contributed by atoms with Gasteiger partial charge in [-0.15, -0.1) is 0 Å². The summed E-state index contributed by atoms with van der Waals surface area (Å²) in [7, 11) is 1.21. The summed E-state index contributed by atoms with van der Waals surface area (Å²) >= 11 is 0. The number of rotatable bonds is 7. The third kappa shape index (κ3) is 8.15. The molecule has 162 valence electrons. The molecule has 2 rings (SSSR count). The first-order chi connectivity index (χ1) is 14.1. The molecule has 0 aliphatic carbocycles. The second kappa shape index (κ2) is 12.0. The Labute approximate surface area is 172 Å². The average molecular weight is 420 g/mol. The summed E-state index contributed by atoms with van der Waals surface area (Å²) in [6.07, 6.45) is 0.974. The van der Waals surface area contributed by atoms with E-state index in [-0.39, 0.29) is 17.9 Å². The summed E-state index contributed by atoms with van der Waals surface area (Å²) in [5.74, 6) is -2.56.